The molecule has 0 bridgehead atoms. The quantitative estimate of drug-likeness (QED) is 0.918. The van der Waals surface area contributed by atoms with Crippen LogP contribution >= 0.6 is 11.6 Å². The summed E-state index contributed by atoms with van der Waals surface area (Å²) in [6.45, 7) is 0.428. The third-order valence-corrected chi connectivity index (χ3v) is 3.89. The second-order valence-electron chi connectivity index (χ2n) is 5.36. The number of hydrogen-bond acceptors (Lipinski definition) is 2. The summed E-state index contributed by atoms with van der Waals surface area (Å²) in [5.74, 6) is -0.775. The van der Waals surface area contributed by atoms with Crippen LogP contribution < -0.4 is 5.32 Å². The van der Waals surface area contributed by atoms with Gasteiger partial charge in [-0.25, -0.2) is 4.39 Å². The molecular weight excluding hydrogens is 305 g/mol. The first-order valence-corrected chi connectivity index (χ1v) is 7.29. The number of aryl methyl sites for hydroxylation is 1. The highest BCUT2D eigenvalue weighted by atomic mass is 35.5. The zero-order valence-electron chi connectivity index (χ0n) is 12.8. The molecule has 0 aliphatic rings. The molecule has 118 valence electrons. The van der Waals surface area contributed by atoms with Crippen molar-refractivity contribution in [1.29, 1.82) is 0 Å². The van der Waals surface area contributed by atoms with Crippen LogP contribution in [0.5, 0.6) is 0 Å². The Hall–Kier alpha value is -1.85. The van der Waals surface area contributed by atoms with E-state index in [1.54, 1.807) is 0 Å². The fourth-order valence-corrected chi connectivity index (χ4v) is 2.58. The van der Waals surface area contributed by atoms with Crippen LogP contribution in [-0.4, -0.2) is 36.0 Å². The number of likely N-dealkylation sites (N-methyl/N-ethyl adjacent to an activating group) is 1. The lowest BCUT2D eigenvalue weighted by atomic mass is 10.1. The zero-order valence-corrected chi connectivity index (χ0v) is 13.6. The molecule has 1 amide bonds. The summed E-state index contributed by atoms with van der Waals surface area (Å²) in [4.78, 5) is 14.2. The predicted octanol–water partition coefficient (Wildman–Crippen LogP) is 2.85. The van der Waals surface area contributed by atoms with Gasteiger partial charge in [-0.1, -0.05) is 11.6 Å². The molecule has 6 heteroatoms. The summed E-state index contributed by atoms with van der Waals surface area (Å²) in [5.41, 5.74) is 1.36. The Balaban J connectivity index is 2.10. The van der Waals surface area contributed by atoms with Gasteiger partial charge in [0.05, 0.1) is 16.6 Å². The Morgan fingerprint density at radius 2 is 2.14 bits per heavy atom. The van der Waals surface area contributed by atoms with Crippen molar-refractivity contribution >= 4 is 17.5 Å². The van der Waals surface area contributed by atoms with Gasteiger partial charge in [0.1, 0.15) is 5.82 Å². The Bertz CT molecular complexity index is 669. The van der Waals surface area contributed by atoms with Gasteiger partial charge in [0.25, 0.3) is 5.91 Å². The molecule has 22 heavy (non-hydrogen) atoms. The van der Waals surface area contributed by atoms with Crippen LogP contribution in [-0.2, 0) is 7.05 Å². The number of benzene rings is 1. The van der Waals surface area contributed by atoms with E-state index >= 15 is 0 Å². The molecule has 0 radical (unpaired) electrons. The van der Waals surface area contributed by atoms with E-state index in [1.165, 1.54) is 12.1 Å². The molecule has 1 N–H and O–H groups in total. The van der Waals surface area contributed by atoms with E-state index in [0.717, 1.165) is 11.8 Å². The zero-order chi connectivity index (χ0) is 16.3. The van der Waals surface area contributed by atoms with Crippen LogP contribution in [0, 0.1) is 5.82 Å². The monoisotopic (exact) mass is 323 g/mol. The van der Waals surface area contributed by atoms with Gasteiger partial charge in [-0.05, 0) is 44.4 Å². The highest BCUT2D eigenvalue weighted by molar-refractivity contribution is 6.33. The van der Waals surface area contributed by atoms with Crippen molar-refractivity contribution in [2.24, 2.45) is 7.05 Å². The minimum atomic E-state index is -0.462. The van der Waals surface area contributed by atoms with Crippen molar-refractivity contribution in [2.45, 2.75) is 6.04 Å². The Labute approximate surface area is 134 Å². The number of carbonyl (C=O) groups is 1. The Morgan fingerprint density at radius 3 is 2.68 bits per heavy atom. The maximum atomic E-state index is 13.0. The topological polar surface area (TPSA) is 37.3 Å². The minimum absolute atomic E-state index is 0.0307. The molecule has 2 rings (SSSR count). The number of aromatic nitrogens is 1. The standard InChI is InChI=1S/C16H19ClFN3O/c1-20(2)15(14-5-4-8-21(14)3)10-19-16(22)12-7-6-11(18)9-13(12)17/h4-9,15H,10H2,1-3H3,(H,19,22). The lowest BCUT2D eigenvalue weighted by Crippen LogP contribution is -2.35. The molecule has 1 atom stereocenters. The first kappa shape index (κ1) is 16.5. The molecule has 0 fully saturated rings. The molecule has 0 saturated heterocycles. The molecule has 1 aromatic heterocycles. The van der Waals surface area contributed by atoms with E-state index in [4.69, 9.17) is 11.6 Å². The van der Waals surface area contributed by atoms with Gasteiger partial charge in [0.2, 0.25) is 0 Å². The molecule has 0 aliphatic heterocycles. The van der Waals surface area contributed by atoms with Crippen molar-refractivity contribution in [3.05, 3.63) is 58.6 Å². The number of nitrogens with one attached hydrogen (secondary N) is 1. The largest absolute Gasteiger partial charge is 0.353 e. The van der Waals surface area contributed by atoms with Crippen LogP contribution in [0.4, 0.5) is 4.39 Å². The van der Waals surface area contributed by atoms with Crippen LogP contribution in [0.3, 0.4) is 0 Å². The van der Waals surface area contributed by atoms with Crippen molar-refractivity contribution in [3.63, 3.8) is 0 Å². The average molecular weight is 324 g/mol. The molecular formula is C16H19ClFN3O. The fraction of sp³-hybridized carbons (Fsp3) is 0.312. The first-order valence-electron chi connectivity index (χ1n) is 6.91. The predicted molar refractivity (Wildman–Crippen MR) is 85.6 cm³/mol. The number of rotatable bonds is 5. The summed E-state index contributed by atoms with van der Waals surface area (Å²) >= 11 is 5.91. The summed E-state index contributed by atoms with van der Waals surface area (Å²) < 4.78 is 15.1. The maximum Gasteiger partial charge on any atom is 0.252 e. The lowest BCUT2D eigenvalue weighted by Gasteiger charge is -2.25. The summed E-state index contributed by atoms with van der Waals surface area (Å²) in [5, 5.41) is 2.96. The van der Waals surface area contributed by atoms with Crippen molar-refractivity contribution < 1.29 is 9.18 Å². The van der Waals surface area contributed by atoms with Crippen LogP contribution in [0.15, 0.2) is 36.5 Å². The number of hydrogen-bond donors (Lipinski definition) is 1. The third kappa shape index (κ3) is 3.67. The second-order valence-corrected chi connectivity index (χ2v) is 5.76. The number of amides is 1. The third-order valence-electron chi connectivity index (χ3n) is 3.58. The van der Waals surface area contributed by atoms with E-state index in [1.807, 2.05) is 48.9 Å². The van der Waals surface area contributed by atoms with E-state index in [2.05, 4.69) is 5.32 Å². The normalized spacial score (nSPS) is 12.5. The molecule has 1 unspecified atom stereocenters. The summed E-state index contributed by atoms with van der Waals surface area (Å²) in [6, 6.07) is 7.76. The van der Waals surface area contributed by atoms with Crippen LogP contribution in [0.2, 0.25) is 5.02 Å². The lowest BCUT2D eigenvalue weighted by molar-refractivity contribution is 0.0941. The highest BCUT2D eigenvalue weighted by Gasteiger charge is 2.19. The van der Waals surface area contributed by atoms with Gasteiger partial charge in [-0.3, -0.25) is 9.69 Å². The van der Waals surface area contributed by atoms with Crippen LogP contribution in [0.1, 0.15) is 22.1 Å². The van der Waals surface area contributed by atoms with Gasteiger partial charge >= 0.3 is 0 Å². The molecule has 1 heterocycles. The van der Waals surface area contributed by atoms with E-state index < -0.39 is 5.82 Å². The molecule has 0 spiro atoms. The Kier molecular flexibility index (Phi) is 5.21. The number of carbonyl (C=O) groups excluding carboxylic acids is 1. The van der Waals surface area contributed by atoms with Crippen molar-refractivity contribution in [2.75, 3.05) is 20.6 Å². The number of halogens is 2. The maximum absolute atomic E-state index is 13.0. The van der Waals surface area contributed by atoms with E-state index in [9.17, 15) is 9.18 Å². The fourth-order valence-electron chi connectivity index (χ4n) is 2.33. The van der Waals surface area contributed by atoms with Crippen molar-refractivity contribution in [3.8, 4) is 0 Å². The highest BCUT2D eigenvalue weighted by Crippen LogP contribution is 2.19. The van der Waals surface area contributed by atoms with E-state index in [-0.39, 0.29) is 22.5 Å². The minimum Gasteiger partial charge on any atom is -0.353 e. The van der Waals surface area contributed by atoms with Gasteiger partial charge < -0.3 is 9.88 Å². The molecule has 0 saturated carbocycles. The van der Waals surface area contributed by atoms with Gasteiger partial charge in [0.15, 0.2) is 0 Å². The second kappa shape index (κ2) is 6.94. The van der Waals surface area contributed by atoms with Crippen molar-refractivity contribution in [1.82, 2.24) is 14.8 Å². The van der Waals surface area contributed by atoms with E-state index in [0.29, 0.717) is 6.54 Å². The Morgan fingerprint density at radius 1 is 1.41 bits per heavy atom. The molecule has 2 aromatic rings. The smallest absolute Gasteiger partial charge is 0.252 e. The molecule has 4 nitrogen and oxygen atoms in total. The average Bonchev–Trinajstić information content (AvgIpc) is 2.84. The summed E-state index contributed by atoms with van der Waals surface area (Å²) in [7, 11) is 5.87. The number of nitrogens with zero attached hydrogens (tertiary/aromatic N) is 2. The van der Waals surface area contributed by atoms with Crippen LogP contribution in [0.25, 0.3) is 0 Å². The molecule has 0 aliphatic carbocycles. The van der Waals surface area contributed by atoms with Gasteiger partial charge in [0, 0.05) is 25.5 Å². The van der Waals surface area contributed by atoms with Gasteiger partial charge in [-0.2, -0.15) is 0 Å². The SMILES string of the molecule is CN(C)C(CNC(=O)c1ccc(F)cc1Cl)c1cccn1C. The van der Waals surface area contributed by atoms with Gasteiger partial charge in [-0.15, -0.1) is 0 Å². The first-order chi connectivity index (χ1) is 10.4. The summed E-state index contributed by atoms with van der Waals surface area (Å²) in [6.07, 6.45) is 1.96. The molecule has 1 aromatic carbocycles.